The second kappa shape index (κ2) is 12.6. The van der Waals surface area contributed by atoms with Gasteiger partial charge in [-0.25, -0.2) is 13.6 Å². The first-order valence-electron chi connectivity index (χ1n) is 9.55. The third-order valence-electron chi connectivity index (χ3n) is 4.99. The molecule has 1 fully saturated rings. The number of guanidine groups is 1. The molecule has 1 saturated carbocycles. The number of sulfonamides is 1. The van der Waals surface area contributed by atoms with Crippen molar-refractivity contribution < 1.29 is 8.42 Å². The van der Waals surface area contributed by atoms with Crippen molar-refractivity contribution in [3.05, 3.63) is 29.8 Å². The minimum Gasteiger partial charge on any atom is -0.356 e. The molecule has 1 aliphatic carbocycles. The van der Waals surface area contributed by atoms with Gasteiger partial charge in [-0.1, -0.05) is 50.7 Å². The third kappa shape index (κ3) is 9.25. The van der Waals surface area contributed by atoms with Gasteiger partial charge in [0.2, 0.25) is 10.0 Å². The fourth-order valence-electron chi connectivity index (χ4n) is 3.46. The van der Waals surface area contributed by atoms with Gasteiger partial charge in [-0.2, -0.15) is 0 Å². The Kier molecular flexibility index (Phi) is 11.2. The maximum Gasteiger partial charge on any atom is 0.238 e. The predicted molar refractivity (Wildman–Crippen MR) is 122 cm³/mol. The maximum absolute atomic E-state index is 11.2. The molecule has 1 aromatic carbocycles. The number of nitrogens with zero attached hydrogens (tertiary/aromatic N) is 1. The van der Waals surface area contributed by atoms with E-state index < -0.39 is 10.0 Å². The van der Waals surface area contributed by atoms with Gasteiger partial charge >= 0.3 is 0 Å². The SMILES string of the molecule is CN=C(NCCCCC1CCCC1)NCCc1ccc(S(N)(=O)=O)cc1.I. The molecule has 1 aliphatic rings. The van der Waals surface area contributed by atoms with Crippen LogP contribution in [0, 0.1) is 5.92 Å². The first-order valence-corrected chi connectivity index (χ1v) is 11.1. The van der Waals surface area contributed by atoms with Gasteiger partial charge < -0.3 is 10.6 Å². The van der Waals surface area contributed by atoms with Crippen LogP contribution in [0.5, 0.6) is 0 Å². The lowest BCUT2D eigenvalue weighted by molar-refractivity contribution is 0.472. The molecule has 0 aliphatic heterocycles. The van der Waals surface area contributed by atoms with Gasteiger partial charge in [0.25, 0.3) is 0 Å². The van der Waals surface area contributed by atoms with Crippen molar-refractivity contribution in [1.29, 1.82) is 0 Å². The van der Waals surface area contributed by atoms with Gasteiger partial charge in [-0.3, -0.25) is 4.99 Å². The highest BCUT2D eigenvalue weighted by atomic mass is 127. The first-order chi connectivity index (χ1) is 12.5. The van der Waals surface area contributed by atoms with Crippen LogP contribution in [0.15, 0.2) is 34.2 Å². The Hall–Kier alpha value is -0.870. The summed E-state index contributed by atoms with van der Waals surface area (Å²) in [5.74, 6) is 1.78. The topological polar surface area (TPSA) is 96.6 Å². The summed E-state index contributed by atoms with van der Waals surface area (Å²) in [6.45, 7) is 1.67. The summed E-state index contributed by atoms with van der Waals surface area (Å²) in [7, 11) is -1.85. The second-order valence-electron chi connectivity index (χ2n) is 7.01. The Morgan fingerprint density at radius 3 is 2.33 bits per heavy atom. The Morgan fingerprint density at radius 2 is 1.74 bits per heavy atom. The van der Waals surface area contributed by atoms with Crippen molar-refractivity contribution in [2.75, 3.05) is 20.1 Å². The van der Waals surface area contributed by atoms with Crippen LogP contribution in [0.1, 0.15) is 50.5 Å². The van der Waals surface area contributed by atoms with E-state index in [0.717, 1.165) is 37.0 Å². The van der Waals surface area contributed by atoms with Gasteiger partial charge in [0.05, 0.1) is 4.90 Å². The fraction of sp³-hybridized carbons (Fsp3) is 0.632. The van der Waals surface area contributed by atoms with Crippen molar-refractivity contribution in [2.45, 2.75) is 56.3 Å². The van der Waals surface area contributed by atoms with Crippen LogP contribution >= 0.6 is 24.0 Å². The van der Waals surface area contributed by atoms with E-state index >= 15 is 0 Å². The van der Waals surface area contributed by atoms with Crippen LogP contribution in [-0.4, -0.2) is 34.5 Å². The van der Waals surface area contributed by atoms with E-state index in [1.807, 2.05) is 0 Å². The molecule has 27 heavy (non-hydrogen) atoms. The van der Waals surface area contributed by atoms with Crippen molar-refractivity contribution >= 4 is 40.0 Å². The van der Waals surface area contributed by atoms with Crippen molar-refractivity contribution in [2.24, 2.45) is 16.0 Å². The Balaban J connectivity index is 0.00000364. The molecule has 8 heteroatoms. The van der Waals surface area contributed by atoms with E-state index in [4.69, 9.17) is 5.14 Å². The molecule has 0 heterocycles. The number of benzene rings is 1. The van der Waals surface area contributed by atoms with E-state index in [9.17, 15) is 8.42 Å². The summed E-state index contributed by atoms with van der Waals surface area (Å²) in [6.07, 6.45) is 10.3. The molecule has 0 aromatic heterocycles. The van der Waals surface area contributed by atoms with Crippen LogP contribution in [-0.2, 0) is 16.4 Å². The summed E-state index contributed by atoms with van der Waals surface area (Å²) in [5, 5.41) is 11.7. The minimum absolute atomic E-state index is 0. The highest BCUT2D eigenvalue weighted by Crippen LogP contribution is 2.28. The number of nitrogens with one attached hydrogen (secondary N) is 2. The number of hydrogen-bond donors (Lipinski definition) is 3. The minimum atomic E-state index is -3.62. The summed E-state index contributed by atoms with van der Waals surface area (Å²) < 4.78 is 22.5. The quantitative estimate of drug-likeness (QED) is 0.207. The van der Waals surface area contributed by atoms with E-state index in [1.54, 1.807) is 31.3 Å². The number of rotatable bonds is 9. The highest BCUT2D eigenvalue weighted by Gasteiger charge is 2.13. The molecule has 0 amide bonds. The summed E-state index contributed by atoms with van der Waals surface area (Å²) in [5.41, 5.74) is 1.05. The smallest absolute Gasteiger partial charge is 0.238 e. The molecule has 6 nitrogen and oxygen atoms in total. The average molecular weight is 508 g/mol. The van der Waals surface area contributed by atoms with E-state index in [1.165, 1.54) is 44.9 Å². The van der Waals surface area contributed by atoms with Gasteiger partial charge in [0.15, 0.2) is 5.96 Å². The number of aliphatic imine (C=N–C) groups is 1. The molecule has 0 radical (unpaired) electrons. The highest BCUT2D eigenvalue weighted by molar-refractivity contribution is 14.0. The number of halogens is 1. The van der Waals surface area contributed by atoms with Crippen molar-refractivity contribution in [1.82, 2.24) is 10.6 Å². The van der Waals surface area contributed by atoms with Gasteiger partial charge in [0.1, 0.15) is 0 Å². The zero-order chi connectivity index (χ0) is 18.8. The van der Waals surface area contributed by atoms with Crippen LogP contribution in [0.4, 0.5) is 0 Å². The lowest BCUT2D eigenvalue weighted by Gasteiger charge is -2.13. The molecular weight excluding hydrogens is 475 g/mol. The first kappa shape index (κ1) is 24.2. The monoisotopic (exact) mass is 508 g/mol. The van der Waals surface area contributed by atoms with Crippen LogP contribution in [0.25, 0.3) is 0 Å². The van der Waals surface area contributed by atoms with Gasteiger partial charge in [-0.05, 0) is 36.5 Å². The fourth-order valence-corrected chi connectivity index (χ4v) is 3.97. The molecule has 0 saturated heterocycles. The maximum atomic E-state index is 11.2. The van der Waals surface area contributed by atoms with Crippen LogP contribution < -0.4 is 15.8 Å². The third-order valence-corrected chi connectivity index (χ3v) is 5.92. The predicted octanol–water partition coefficient (Wildman–Crippen LogP) is 3.02. The molecule has 0 unspecified atom stereocenters. The Labute approximate surface area is 180 Å². The normalized spacial score (nSPS) is 15.4. The zero-order valence-corrected chi connectivity index (χ0v) is 19.3. The molecule has 2 rings (SSSR count). The largest absolute Gasteiger partial charge is 0.356 e. The lowest BCUT2D eigenvalue weighted by Crippen LogP contribution is -2.38. The van der Waals surface area contributed by atoms with Crippen LogP contribution in [0.3, 0.4) is 0 Å². The van der Waals surface area contributed by atoms with Crippen LogP contribution in [0.2, 0.25) is 0 Å². The summed E-state index contributed by atoms with van der Waals surface area (Å²) in [6, 6.07) is 6.67. The Morgan fingerprint density at radius 1 is 1.11 bits per heavy atom. The number of nitrogens with two attached hydrogens (primary N) is 1. The molecule has 4 N–H and O–H groups in total. The number of primary sulfonamides is 1. The molecule has 0 bridgehead atoms. The van der Waals surface area contributed by atoms with E-state index in [2.05, 4.69) is 15.6 Å². The van der Waals surface area contributed by atoms with Crippen molar-refractivity contribution in [3.63, 3.8) is 0 Å². The molecule has 0 atom stereocenters. The van der Waals surface area contributed by atoms with Gasteiger partial charge in [-0.15, -0.1) is 24.0 Å². The summed E-state index contributed by atoms with van der Waals surface area (Å²) in [4.78, 5) is 4.38. The summed E-state index contributed by atoms with van der Waals surface area (Å²) >= 11 is 0. The van der Waals surface area contributed by atoms with Crippen molar-refractivity contribution in [3.8, 4) is 0 Å². The standard InChI is InChI=1S/C19H32N4O2S.HI/c1-21-19(22-14-5-4-8-16-6-2-3-7-16)23-15-13-17-9-11-18(12-10-17)26(20,24)25;/h9-12,16H,2-8,13-15H2,1H3,(H2,20,24,25)(H2,21,22,23);1H. The molecular formula is C19H33IN4O2S. The number of unbranched alkanes of at least 4 members (excludes halogenated alkanes) is 1. The van der Waals surface area contributed by atoms with E-state index in [-0.39, 0.29) is 28.9 Å². The molecule has 1 aromatic rings. The molecule has 154 valence electrons. The zero-order valence-electron chi connectivity index (χ0n) is 16.1. The van der Waals surface area contributed by atoms with E-state index in [0.29, 0.717) is 0 Å². The lowest BCUT2D eigenvalue weighted by atomic mass is 10.0. The molecule has 0 spiro atoms. The van der Waals surface area contributed by atoms with Gasteiger partial charge in [0, 0.05) is 20.1 Å². The average Bonchev–Trinajstić information content (AvgIpc) is 3.13. The Bertz CT molecular complexity index is 671. The number of hydrogen-bond acceptors (Lipinski definition) is 3. The second-order valence-corrected chi connectivity index (χ2v) is 8.57.